The predicted molar refractivity (Wildman–Crippen MR) is 88.7 cm³/mol. The van der Waals surface area contributed by atoms with Gasteiger partial charge in [0.2, 0.25) is 11.8 Å². The van der Waals surface area contributed by atoms with E-state index in [2.05, 4.69) is 9.71 Å². The van der Waals surface area contributed by atoms with Crippen molar-refractivity contribution < 1.29 is 18.3 Å². The fourth-order valence-electron chi connectivity index (χ4n) is 2.31. The fraction of sp³-hybridized carbons (Fsp3) is 0.600. The molecule has 0 spiro atoms. The van der Waals surface area contributed by atoms with E-state index < -0.39 is 22.6 Å². The van der Waals surface area contributed by atoms with Gasteiger partial charge in [-0.3, -0.25) is 14.1 Å². The van der Waals surface area contributed by atoms with E-state index >= 15 is 0 Å². The Kier molecular flexibility index (Phi) is 5.26. The number of aromatic nitrogens is 1. The minimum absolute atomic E-state index is 0.326. The van der Waals surface area contributed by atoms with E-state index in [1.54, 1.807) is 6.20 Å². The van der Waals surface area contributed by atoms with Crippen LogP contribution in [0, 0.1) is 5.92 Å². The number of nitrogens with one attached hydrogen (secondary N) is 1. The zero-order valence-electron chi connectivity index (χ0n) is 13.8. The van der Waals surface area contributed by atoms with Crippen LogP contribution in [0.2, 0.25) is 0 Å². The number of hydrogen-bond acceptors (Lipinski definition) is 5. The summed E-state index contributed by atoms with van der Waals surface area (Å²) in [5.74, 6) is 0.276. The molecule has 0 radical (unpaired) electrons. The molecule has 128 valence electrons. The summed E-state index contributed by atoms with van der Waals surface area (Å²) in [4.78, 5) is 18.6. The van der Waals surface area contributed by atoms with Gasteiger partial charge in [0.25, 0.3) is 11.3 Å². The SMILES string of the molecule is CC(C)COc1ncc(N(C)C)cc1C1(C(=O)NS(=O)O)CC1. The van der Waals surface area contributed by atoms with Crippen molar-refractivity contribution in [2.45, 2.75) is 32.1 Å². The van der Waals surface area contributed by atoms with Gasteiger partial charge in [-0.05, 0) is 24.8 Å². The van der Waals surface area contributed by atoms with Gasteiger partial charge in [-0.25, -0.2) is 9.19 Å². The molecule has 1 fully saturated rings. The first-order valence-electron chi connectivity index (χ1n) is 7.49. The van der Waals surface area contributed by atoms with Crippen molar-refractivity contribution in [3.05, 3.63) is 17.8 Å². The van der Waals surface area contributed by atoms with Crippen molar-refractivity contribution in [1.29, 1.82) is 0 Å². The number of nitrogens with zero attached hydrogens (tertiary/aromatic N) is 2. The summed E-state index contributed by atoms with van der Waals surface area (Å²) in [6.45, 7) is 4.55. The van der Waals surface area contributed by atoms with Crippen LogP contribution in [0.3, 0.4) is 0 Å². The summed E-state index contributed by atoms with van der Waals surface area (Å²) in [5, 5.41) is 0. The van der Waals surface area contributed by atoms with E-state index in [4.69, 9.17) is 9.29 Å². The average Bonchev–Trinajstić information content (AvgIpc) is 3.25. The van der Waals surface area contributed by atoms with Gasteiger partial charge in [0.15, 0.2) is 0 Å². The molecule has 1 heterocycles. The van der Waals surface area contributed by atoms with Gasteiger partial charge >= 0.3 is 0 Å². The van der Waals surface area contributed by atoms with Crippen molar-refractivity contribution >= 4 is 22.9 Å². The predicted octanol–water partition coefficient (Wildman–Crippen LogP) is 1.47. The second-order valence-corrected chi connectivity index (χ2v) is 7.11. The van der Waals surface area contributed by atoms with E-state index in [1.807, 2.05) is 38.9 Å². The minimum atomic E-state index is -2.38. The van der Waals surface area contributed by atoms with Gasteiger partial charge in [-0.1, -0.05) is 13.8 Å². The second-order valence-electron chi connectivity index (χ2n) is 6.41. The highest BCUT2D eigenvalue weighted by atomic mass is 32.2. The summed E-state index contributed by atoms with van der Waals surface area (Å²) in [6.07, 6.45) is 2.90. The van der Waals surface area contributed by atoms with Crippen LogP contribution < -0.4 is 14.4 Å². The van der Waals surface area contributed by atoms with E-state index in [-0.39, 0.29) is 0 Å². The highest BCUT2D eigenvalue weighted by molar-refractivity contribution is 7.77. The summed E-state index contributed by atoms with van der Waals surface area (Å²) >= 11 is -2.38. The summed E-state index contributed by atoms with van der Waals surface area (Å²) in [6, 6.07) is 1.87. The Labute approximate surface area is 138 Å². The van der Waals surface area contributed by atoms with Crippen molar-refractivity contribution in [1.82, 2.24) is 9.71 Å². The van der Waals surface area contributed by atoms with Crippen LogP contribution in [0.5, 0.6) is 5.88 Å². The average molecular weight is 341 g/mol. The molecular weight excluding hydrogens is 318 g/mol. The molecular formula is C15H23N3O4S. The molecule has 0 aromatic carbocycles. The first kappa shape index (κ1) is 17.7. The largest absolute Gasteiger partial charge is 0.477 e. The molecule has 2 rings (SSSR count). The van der Waals surface area contributed by atoms with Crippen molar-refractivity contribution in [3.63, 3.8) is 0 Å². The standard InChI is InChI=1S/C15H23N3O4S/c1-10(2)9-22-13-12(7-11(8-16-13)18(3)4)15(5-6-15)14(19)17-23(20)21/h7-8,10H,5-6,9H2,1-4H3,(H,17,19)(H,20,21). The van der Waals surface area contributed by atoms with Gasteiger partial charge < -0.3 is 9.64 Å². The van der Waals surface area contributed by atoms with Gasteiger partial charge in [-0.2, -0.15) is 0 Å². The third kappa shape index (κ3) is 4.00. The number of pyridine rings is 1. The number of hydrogen-bond donors (Lipinski definition) is 2. The van der Waals surface area contributed by atoms with Crippen LogP contribution in [0.15, 0.2) is 12.3 Å². The Morgan fingerprint density at radius 1 is 1.52 bits per heavy atom. The molecule has 1 saturated carbocycles. The summed E-state index contributed by atoms with van der Waals surface area (Å²) in [5.41, 5.74) is 0.692. The minimum Gasteiger partial charge on any atom is -0.477 e. The molecule has 7 nitrogen and oxygen atoms in total. The Morgan fingerprint density at radius 3 is 2.65 bits per heavy atom. The highest BCUT2D eigenvalue weighted by Crippen LogP contribution is 2.51. The van der Waals surface area contributed by atoms with Crippen LogP contribution >= 0.6 is 0 Å². The van der Waals surface area contributed by atoms with E-state index in [0.29, 0.717) is 36.8 Å². The van der Waals surface area contributed by atoms with Crippen LogP contribution in [-0.4, -0.2) is 40.4 Å². The Morgan fingerprint density at radius 2 is 2.17 bits per heavy atom. The first-order chi connectivity index (χ1) is 10.8. The first-order valence-corrected chi connectivity index (χ1v) is 8.59. The van der Waals surface area contributed by atoms with Crippen LogP contribution in [0.4, 0.5) is 5.69 Å². The lowest BCUT2D eigenvalue weighted by molar-refractivity contribution is -0.121. The van der Waals surface area contributed by atoms with Crippen molar-refractivity contribution in [2.24, 2.45) is 5.92 Å². The van der Waals surface area contributed by atoms with Crippen LogP contribution in [0.25, 0.3) is 0 Å². The molecule has 0 bridgehead atoms. The van der Waals surface area contributed by atoms with Crippen molar-refractivity contribution in [3.8, 4) is 5.88 Å². The number of rotatable bonds is 7. The molecule has 1 aliphatic rings. The van der Waals surface area contributed by atoms with E-state index in [1.165, 1.54) is 0 Å². The van der Waals surface area contributed by atoms with Crippen LogP contribution in [0.1, 0.15) is 32.3 Å². The maximum Gasteiger partial charge on any atom is 0.261 e. The Bertz CT molecular complexity index is 615. The smallest absolute Gasteiger partial charge is 0.261 e. The lowest BCUT2D eigenvalue weighted by Gasteiger charge is -2.21. The number of amides is 1. The number of carbonyl (C=O) groups excluding carboxylic acids is 1. The molecule has 1 aliphatic carbocycles. The van der Waals surface area contributed by atoms with Gasteiger partial charge in [0, 0.05) is 19.7 Å². The Balaban J connectivity index is 2.38. The number of ether oxygens (including phenoxy) is 1. The topological polar surface area (TPSA) is 91.8 Å². The summed E-state index contributed by atoms with van der Waals surface area (Å²) in [7, 11) is 3.77. The highest BCUT2D eigenvalue weighted by Gasteiger charge is 2.54. The lowest BCUT2D eigenvalue weighted by atomic mass is 9.96. The van der Waals surface area contributed by atoms with Gasteiger partial charge in [-0.15, -0.1) is 0 Å². The molecule has 1 atom stereocenters. The lowest BCUT2D eigenvalue weighted by Crippen LogP contribution is -2.36. The molecule has 0 aliphatic heterocycles. The normalized spacial score (nSPS) is 16.8. The Hall–Kier alpha value is -1.67. The molecule has 1 aromatic heterocycles. The second kappa shape index (κ2) is 6.84. The molecule has 1 unspecified atom stereocenters. The zero-order chi connectivity index (χ0) is 17.2. The monoisotopic (exact) mass is 341 g/mol. The van der Waals surface area contributed by atoms with E-state index in [0.717, 1.165) is 5.69 Å². The maximum absolute atomic E-state index is 12.3. The molecule has 0 saturated heterocycles. The molecule has 23 heavy (non-hydrogen) atoms. The number of carbonyl (C=O) groups is 1. The third-order valence-electron chi connectivity index (χ3n) is 3.79. The molecule has 8 heteroatoms. The molecule has 1 amide bonds. The van der Waals surface area contributed by atoms with E-state index in [9.17, 15) is 9.00 Å². The van der Waals surface area contributed by atoms with Crippen LogP contribution in [-0.2, 0) is 21.5 Å². The third-order valence-corrected chi connectivity index (χ3v) is 4.15. The maximum atomic E-state index is 12.3. The fourth-order valence-corrected chi connectivity index (χ4v) is 2.66. The zero-order valence-corrected chi connectivity index (χ0v) is 14.6. The molecule has 1 aromatic rings. The number of anilines is 1. The molecule has 2 N–H and O–H groups in total. The van der Waals surface area contributed by atoms with Gasteiger partial charge in [0.05, 0.1) is 23.9 Å². The quantitative estimate of drug-likeness (QED) is 0.730. The summed E-state index contributed by atoms with van der Waals surface area (Å²) < 4.78 is 27.7. The van der Waals surface area contributed by atoms with Gasteiger partial charge in [0.1, 0.15) is 0 Å². The van der Waals surface area contributed by atoms with Crippen molar-refractivity contribution in [2.75, 3.05) is 25.6 Å².